The van der Waals surface area contributed by atoms with E-state index in [2.05, 4.69) is 29.2 Å². The summed E-state index contributed by atoms with van der Waals surface area (Å²) in [5, 5.41) is 18.7. The molecular weight excluding hydrogens is 412 g/mol. The number of hydrogen-bond donors (Lipinski definition) is 2. The predicted octanol–water partition coefficient (Wildman–Crippen LogP) is 6.06. The Kier molecular flexibility index (Phi) is 7.84. The van der Waals surface area contributed by atoms with Crippen LogP contribution in [0.2, 0.25) is 0 Å². The van der Waals surface area contributed by atoms with Gasteiger partial charge in [-0.1, -0.05) is 37.1 Å². The summed E-state index contributed by atoms with van der Waals surface area (Å²) in [5.74, 6) is 1.44. The molecule has 0 radical (unpaired) electrons. The molecule has 4 rings (SSSR count). The minimum Gasteiger partial charge on any atom is -0.516 e. The summed E-state index contributed by atoms with van der Waals surface area (Å²) in [4.78, 5) is 21.7. The van der Waals surface area contributed by atoms with Gasteiger partial charge in [-0.2, -0.15) is 0 Å². The first-order valence-electron chi connectivity index (χ1n) is 11.9. The quantitative estimate of drug-likeness (QED) is 0.309. The number of aliphatic hydroxyl groups is 2. The molecule has 33 heavy (non-hydrogen) atoms. The highest BCUT2D eigenvalue weighted by Gasteiger charge is 2.21. The zero-order valence-corrected chi connectivity index (χ0v) is 19.0. The van der Waals surface area contributed by atoms with Gasteiger partial charge >= 0.3 is 0 Å². The Bertz CT molecular complexity index is 1100. The first kappa shape index (κ1) is 23.1. The van der Waals surface area contributed by atoms with Crippen molar-refractivity contribution in [3.05, 3.63) is 72.3 Å². The fourth-order valence-electron chi connectivity index (χ4n) is 4.97. The molecule has 0 bridgehead atoms. The number of carbonyl (C=O) groups is 1. The Morgan fingerprint density at radius 1 is 1.06 bits per heavy atom. The molecule has 1 aliphatic rings. The van der Waals surface area contributed by atoms with Crippen LogP contribution < -0.4 is 0 Å². The molecule has 1 aromatic carbocycles. The number of pyridine rings is 2. The maximum atomic E-state index is 12.7. The molecule has 1 fully saturated rings. The van der Waals surface area contributed by atoms with Crippen LogP contribution in [0.4, 0.5) is 0 Å². The van der Waals surface area contributed by atoms with Crippen molar-refractivity contribution in [2.24, 2.45) is 11.8 Å². The predicted molar refractivity (Wildman–Crippen MR) is 131 cm³/mol. The number of aromatic nitrogens is 2. The molecule has 0 atom stereocenters. The van der Waals surface area contributed by atoms with E-state index in [0.29, 0.717) is 12.2 Å². The van der Waals surface area contributed by atoms with E-state index in [9.17, 15) is 4.79 Å². The Morgan fingerprint density at radius 2 is 1.82 bits per heavy atom. The number of benzene rings is 1. The van der Waals surface area contributed by atoms with Crippen molar-refractivity contribution in [2.75, 3.05) is 6.61 Å². The third kappa shape index (κ3) is 5.85. The van der Waals surface area contributed by atoms with Gasteiger partial charge in [-0.15, -0.1) is 0 Å². The van der Waals surface area contributed by atoms with Gasteiger partial charge in [0, 0.05) is 41.9 Å². The van der Waals surface area contributed by atoms with Crippen LogP contribution >= 0.6 is 0 Å². The molecule has 172 valence electrons. The number of nitrogens with zero attached hydrogens (tertiary/aromatic N) is 2. The fourth-order valence-corrected chi connectivity index (χ4v) is 4.97. The van der Waals surface area contributed by atoms with Crippen LogP contribution in [0.15, 0.2) is 61.1 Å². The Morgan fingerprint density at radius 3 is 2.55 bits per heavy atom. The summed E-state index contributed by atoms with van der Waals surface area (Å²) in [7, 11) is 0. The van der Waals surface area contributed by atoms with E-state index >= 15 is 0 Å². The van der Waals surface area contributed by atoms with Gasteiger partial charge in [0.2, 0.25) is 0 Å². The zero-order chi connectivity index (χ0) is 23.0. The lowest BCUT2D eigenvalue weighted by Crippen LogP contribution is -2.16. The lowest BCUT2D eigenvalue weighted by molar-refractivity contribution is 0.0996. The van der Waals surface area contributed by atoms with Crippen molar-refractivity contribution >= 4 is 16.7 Å². The van der Waals surface area contributed by atoms with Gasteiger partial charge in [0.25, 0.3) is 0 Å². The van der Waals surface area contributed by atoms with Crippen LogP contribution in [-0.2, 0) is 6.42 Å². The second-order valence-electron chi connectivity index (χ2n) is 9.11. The molecular formula is C28H32N2O3. The summed E-state index contributed by atoms with van der Waals surface area (Å²) < 4.78 is 0. The van der Waals surface area contributed by atoms with Gasteiger partial charge in [0.15, 0.2) is 5.78 Å². The van der Waals surface area contributed by atoms with Crippen molar-refractivity contribution in [1.29, 1.82) is 0 Å². The maximum Gasteiger partial charge on any atom is 0.167 e. The average molecular weight is 445 g/mol. The monoisotopic (exact) mass is 444 g/mol. The molecule has 0 unspecified atom stereocenters. The molecule has 5 nitrogen and oxygen atoms in total. The van der Waals surface area contributed by atoms with E-state index in [1.165, 1.54) is 37.3 Å². The smallest absolute Gasteiger partial charge is 0.167 e. The van der Waals surface area contributed by atoms with Gasteiger partial charge in [0.1, 0.15) is 0 Å². The summed E-state index contributed by atoms with van der Waals surface area (Å²) in [6.07, 6.45) is 14.1. The van der Waals surface area contributed by atoms with E-state index in [1.54, 1.807) is 12.4 Å². The number of hydrogen-bond acceptors (Lipinski definition) is 5. The Hall–Kier alpha value is -3.05. The maximum absolute atomic E-state index is 12.7. The van der Waals surface area contributed by atoms with Gasteiger partial charge in [-0.05, 0) is 67.7 Å². The van der Waals surface area contributed by atoms with Gasteiger partial charge in [-0.3, -0.25) is 9.78 Å². The summed E-state index contributed by atoms with van der Waals surface area (Å²) >= 11 is 0. The number of aliphatic hydroxyl groups excluding tert-OH is 2. The molecule has 1 saturated carbocycles. The standard InChI is InChI=1S/C28H32N2O3/c31-15-1-3-20-5-7-21(8-6-20)17-22-9-11-23(12-10-22)27-18-24(28(33)4-2-16-32)25-19-29-14-13-26(25)30-27/h2,9-14,16,18-21,31-32H,1,3-8,15,17H2/b16-2+. The van der Waals surface area contributed by atoms with Gasteiger partial charge in [0.05, 0.1) is 17.5 Å². The molecule has 0 aliphatic heterocycles. The van der Waals surface area contributed by atoms with Crippen LogP contribution in [-0.4, -0.2) is 32.6 Å². The molecule has 5 heteroatoms. The zero-order valence-electron chi connectivity index (χ0n) is 19.0. The van der Waals surface area contributed by atoms with Crippen molar-refractivity contribution in [1.82, 2.24) is 9.97 Å². The van der Waals surface area contributed by atoms with Gasteiger partial charge < -0.3 is 10.2 Å². The topological polar surface area (TPSA) is 83.3 Å². The minimum atomic E-state index is -0.0758. The van der Waals surface area contributed by atoms with Crippen molar-refractivity contribution in [2.45, 2.75) is 51.4 Å². The van der Waals surface area contributed by atoms with Crippen molar-refractivity contribution in [3.8, 4) is 11.3 Å². The summed E-state index contributed by atoms with van der Waals surface area (Å²) in [6.45, 7) is 0.310. The van der Waals surface area contributed by atoms with Crippen molar-refractivity contribution in [3.63, 3.8) is 0 Å². The third-order valence-corrected chi connectivity index (χ3v) is 6.83. The van der Waals surface area contributed by atoms with Crippen LogP contribution in [0.25, 0.3) is 22.2 Å². The van der Waals surface area contributed by atoms with E-state index in [-0.39, 0.29) is 12.2 Å². The number of Topliss-reactive ketones (excluding diaryl/α,β-unsaturated/α-hetero) is 1. The summed E-state index contributed by atoms with van der Waals surface area (Å²) in [6, 6.07) is 12.2. The highest BCUT2D eigenvalue weighted by atomic mass is 16.3. The van der Waals surface area contributed by atoms with Crippen LogP contribution in [0, 0.1) is 11.8 Å². The lowest BCUT2D eigenvalue weighted by atomic mass is 9.78. The van der Waals surface area contributed by atoms with Gasteiger partial charge in [-0.25, -0.2) is 4.98 Å². The molecule has 2 heterocycles. The number of ketones is 1. The first-order valence-corrected chi connectivity index (χ1v) is 11.9. The van der Waals surface area contributed by atoms with E-state index in [4.69, 9.17) is 15.2 Å². The number of fused-ring (bicyclic) bond motifs is 1. The largest absolute Gasteiger partial charge is 0.516 e. The fraction of sp³-hybridized carbons (Fsp3) is 0.393. The summed E-state index contributed by atoms with van der Waals surface area (Å²) in [5.41, 5.74) is 4.40. The molecule has 2 aromatic heterocycles. The Balaban J connectivity index is 1.48. The normalized spacial score (nSPS) is 18.7. The molecule has 0 spiro atoms. The van der Waals surface area contributed by atoms with E-state index < -0.39 is 0 Å². The van der Waals surface area contributed by atoms with Crippen LogP contribution in [0.5, 0.6) is 0 Å². The molecule has 1 aliphatic carbocycles. The SMILES string of the molecule is O=C(C/C=C/O)c1cc(-c2ccc(CC3CCC(CCCO)CC3)cc2)nc2ccncc12. The molecule has 0 saturated heterocycles. The van der Waals surface area contributed by atoms with Crippen molar-refractivity contribution < 1.29 is 15.0 Å². The second-order valence-corrected chi connectivity index (χ2v) is 9.11. The molecule has 0 amide bonds. The lowest BCUT2D eigenvalue weighted by Gasteiger charge is -2.28. The highest BCUT2D eigenvalue weighted by molar-refractivity contribution is 6.08. The minimum absolute atomic E-state index is 0.0758. The number of carbonyl (C=O) groups excluding carboxylic acids is 1. The highest BCUT2D eigenvalue weighted by Crippen LogP contribution is 2.34. The average Bonchev–Trinajstić information content (AvgIpc) is 2.86. The molecule has 3 aromatic rings. The first-order chi connectivity index (χ1) is 16.2. The second kappa shape index (κ2) is 11.2. The Labute approximate surface area is 195 Å². The third-order valence-electron chi connectivity index (χ3n) is 6.83. The van der Waals surface area contributed by atoms with E-state index in [1.807, 2.05) is 12.1 Å². The van der Waals surface area contributed by atoms with E-state index in [0.717, 1.165) is 59.5 Å². The van der Waals surface area contributed by atoms with Crippen LogP contribution in [0.3, 0.4) is 0 Å². The van der Waals surface area contributed by atoms with Crippen LogP contribution in [0.1, 0.15) is 60.9 Å². The number of rotatable bonds is 9. The molecule has 2 N–H and O–H groups in total. The number of allylic oxidation sites excluding steroid dienone is 1.